The van der Waals surface area contributed by atoms with E-state index in [0.29, 0.717) is 22.9 Å². The molecule has 0 fully saturated rings. The summed E-state index contributed by atoms with van der Waals surface area (Å²) in [5.74, 6) is 0.442. The van der Waals surface area contributed by atoms with Gasteiger partial charge < -0.3 is 0 Å². The SMILES string of the molecule is Cc1cc(C)nc(-n2cc(C=O)c(-c3ccccn3)n2)n1. The molecule has 0 aliphatic heterocycles. The smallest absolute Gasteiger partial charge is 0.250 e. The first kappa shape index (κ1) is 13.1. The minimum absolute atomic E-state index is 0.442. The molecule has 0 saturated heterocycles. The zero-order chi connectivity index (χ0) is 14.8. The van der Waals surface area contributed by atoms with Crippen molar-refractivity contribution in [3.05, 3.63) is 53.6 Å². The van der Waals surface area contributed by atoms with Gasteiger partial charge in [-0.15, -0.1) is 0 Å². The summed E-state index contributed by atoms with van der Waals surface area (Å²) >= 11 is 0. The molecule has 3 aromatic rings. The maximum Gasteiger partial charge on any atom is 0.250 e. The van der Waals surface area contributed by atoms with E-state index in [1.165, 1.54) is 4.68 Å². The molecule has 0 aromatic carbocycles. The van der Waals surface area contributed by atoms with E-state index in [9.17, 15) is 4.79 Å². The van der Waals surface area contributed by atoms with Crippen molar-refractivity contribution in [2.75, 3.05) is 0 Å². The summed E-state index contributed by atoms with van der Waals surface area (Å²) in [4.78, 5) is 24.2. The predicted molar refractivity (Wildman–Crippen MR) is 77.2 cm³/mol. The summed E-state index contributed by atoms with van der Waals surface area (Å²) in [5, 5.41) is 4.40. The lowest BCUT2D eigenvalue weighted by Gasteiger charge is -2.02. The van der Waals surface area contributed by atoms with E-state index in [1.807, 2.05) is 38.1 Å². The minimum Gasteiger partial charge on any atom is -0.298 e. The van der Waals surface area contributed by atoms with Gasteiger partial charge in [0.1, 0.15) is 5.69 Å². The number of carbonyl (C=O) groups excluding carboxylic acids is 1. The van der Waals surface area contributed by atoms with E-state index in [1.54, 1.807) is 12.4 Å². The molecule has 0 amide bonds. The highest BCUT2D eigenvalue weighted by Gasteiger charge is 2.14. The van der Waals surface area contributed by atoms with E-state index in [4.69, 9.17) is 0 Å². The number of hydrogen-bond acceptors (Lipinski definition) is 5. The molecule has 3 aromatic heterocycles. The Kier molecular flexibility index (Phi) is 3.27. The first-order valence-corrected chi connectivity index (χ1v) is 6.46. The van der Waals surface area contributed by atoms with Gasteiger partial charge in [-0.1, -0.05) is 6.07 Å². The molecule has 0 aliphatic rings. The van der Waals surface area contributed by atoms with Crippen LogP contribution in [0, 0.1) is 13.8 Å². The summed E-state index contributed by atoms with van der Waals surface area (Å²) in [6, 6.07) is 7.35. The van der Waals surface area contributed by atoms with Crippen molar-refractivity contribution in [1.82, 2.24) is 24.7 Å². The Morgan fingerprint density at radius 3 is 2.52 bits per heavy atom. The highest BCUT2D eigenvalue weighted by Crippen LogP contribution is 2.19. The minimum atomic E-state index is 0.442. The maximum absolute atomic E-state index is 11.3. The van der Waals surface area contributed by atoms with E-state index >= 15 is 0 Å². The Hall–Kier alpha value is -2.89. The molecule has 0 N–H and O–H groups in total. The number of pyridine rings is 1. The fraction of sp³-hybridized carbons (Fsp3) is 0.133. The molecule has 0 radical (unpaired) electrons. The summed E-state index contributed by atoms with van der Waals surface area (Å²) in [5.41, 5.74) is 3.31. The maximum atomic E-state index is 11.3. The van der Waals surface area contributed by atoms with Gasteiger partial charge in [0.15, 0.2) is 6.29 Å². The average Bonchev–Trinajstić information content (AvgIpc) is 2.91. The van der Waals surface area contributed by atoms with E-state index in [-0.39, 0.29) is 0 Å². The Labute approximate surface area is 121 Å². The lowest BCUT2D eigenvalue weighted by atomic mass is 10.2. The van der Waals surface area contributed by atoms with Gasteiger partial charge >= 0.3 is 0 Å². The van der Waals surface area contributed by atoms with Gasteiger partial charge in [-0.05, 0) is 32.0 Å². The van der Waals surface area contributed by atoms with Gasteiger partial charge in [0.05, 0.1) is 11.3 Å². The molecule has 6 nitrogen and oxygen atoms in total. The van der Waals surface area contributed by atoms with Crippen LogP contribution < -0.4 is 0 Å². The number of aryl methyl sites for hydroxylation is 2. The molecule has 0 bridgehead atoms. The van der Waals surface area contributed by atoms with Gasteiger partial charge in [0.2, 0.25) is 0 Å². The highest BCUT2D eigenvalue weighted by atomic mass is 16.1. The molecule has 0 aliphatic carbocycles. The van der Waals surface area contributed by atoms with Gasteiger partial charge in [0, 0.05) is 23.8 Å². The van der Waals surface area contributed by atoms with Crippen LogP contribution in [0.1, 0.15) is 21.7 Å². The number of aromatic nitrogens is 5. The molecule has 6 heteroatoms. The summed E-state index contributed by atoms with van der Waals surface area (Å²) in [6.07, 6.45) is 4.04. The number of carbonyl (C=O) groups is 1. The average molecular weight is 279 g/mol. The van der Waals surface area contributed by atoms with E-state index in [0.717, 1.165) is 17.7 Å². The standard InChI is InChI=1S/C15H13N5O/c1-10-7-11(2)18-15(17-10)20-8-12(9-21)14(19-20)13-5-3-4-6-16-13/h3-9H,1-2H3. The van der Waals surface area contributed by atoms with Crippen LogP contribution in [0.2, 0.25) is 0 Å². The molecule has 0 unspecified atom stereocenters. The number of hydrogen-bond donors (Lipinski definition) is 0. The third-order valence-corrected chi connectivity index (χ3v) is 2.95. The predicted octanol–water partition coefficient (Wildman–Crippen LogP) is 2.15. The van der Waals surface area contributed by atoms with Crippen LogP contribution in [0.15, 0.2) is 36.7 Å². The summed E-state index contributed by atoms with van der Waals surface area (Å²) in [6.45, 7) is 3.78. The van der Waals surface area contributed by atoms with Crippen LogP contribution in [0.5, 0.6) is 0 Å². The first-order chi connectivity index (χ1) is 10.2. The second-order valence-corrected chi connectivity index (χ2v) is 4.66. The topological polar surface area (TPSA) is 73.6 Å². The van der Waals surface area contributed by atoms with Crippen LogP contribution in [-0.2, 0) is 0 Å². The molecule has 3 rings (SSSR count). The summed E-state index contributed by atoms with van der Waals surface area (Å²) in [7, 11) is 0. The van der Waals surface area contributed by atoms with E-state index < -0.39 is 0 Å². The van der Waals surface area contributed by atoms with Gasteiger partial charge in [-0.2, -0.15) is 5.10 Å². The zero-order valence-electron chi connectivity index (χ0n) is 11.7. The normalized spacial score (nSPS) is 10.6. The van der Waals surface area contributed by atoms with Crippen molar-refractivity contribution in [1.29, 1.82) is 0 Å². The highest BCUT2D eigenvalue weighted by molar-refractivity contribution is 5.84. The van der Waals surface area contributed by atoms with Crippen molar-refractivity contribution >= 4 is 6.29 Å². The van der Waals surface area contributed by atoms with Gasteiger partial charge in [0.25, 0.3) is 5.95 Å². The van der Waals surface area contributed by atoms with Crippen molar-refractivity contribution < 1.29 is 4.79 Å². The molecule has 0 spiro atoms. The van der Waals surface area contributed by atoms with Crippen molar-refractivity contribution in [3.63, 3.8) is 0 Å². The van der Waals surface area contributed by atoms with Crippen LogP contribution in [0.3, 0.4) is 0 Å². The fourth-order valence-electron chi connectivity index (χ4n) is 2.09. The molecular weight excluding hydrogens is 266 g/mol. The third kappa shape index (κ3) is 2.55. The zero-order valence-corrected chi connectivity index (χ0v) is 11.7. The van der Waals surface area contributed by atoms with Crippen LogP contribution >= 0.6 is 0 Å². The van der Waals surface area contributed by atoms with Crippen LogP contribution in [0.4, 0.5) is 0 Å². The quantitative estimate of drug-likeness (QED) is 0.687. The fourth-order valence-corrected chi connectivity index (χ4v) is 2.09. The van der Waals surface area contributed by atoms with Crippen LogP contribution in [-0.4, -0.2) is 31.0 Å². The molecule has 0 saturated carbocycles. The molecule has 104 valence electrons. The second kappa shape index (κ2) is 5.24. The number of rotatable bonds is 3. The van der Waals surface area contributed by atoms with Crippen molar-refractivity contribution in [2.24, 2.45) is 0 Å². The third-order valence-electron chi connectivity index (χ3n) is 2.95. The largest absolute Gasteiger partial charge is 0.298 e. The van der Waals surface area contributed by atoms with Crippen molar-refractivity contribution in [2.45, 2.75) is 13.8 Å². The molecule has 21 heavy (non-hydrogen) atoms. The Balaban J connectivity index is 2.13. The Morgan fingerprint density at radius 2 is 1.90 bits per heavy atom. The van der Waals surface area contributed by atoms with E-state index in [2.05, 4.69) is 20.1 Å². The van der Waals surface area contributed by atoms with Crippen LogP contribution in [0.25, 0.3) is 17.3 Å². The molecule has 0 atom stereocenters. The lowest BCUT2D eigenvalue weighted by Crippen LogP contribution is -2.04. The Bertz CT molecular complexity index is 775. The lowest BCUT2D eigenvalue weighted by molar-refractivity contribution is 0.112. The summed E-state index contributed by atoms with van der Waals surface area (Å²) < 4.78 is 1.51. The Morgan fingerprint density at radius 1 is 1.14 bits per heavy atom. The van der Waals surface area contributed by atoms with Gasteiger partial charge in [-0.3, -0.25) is 9.78 Å². The first-order valence-electron chi connectivity index (χ1n) is 6.46. The monoisotopic (exact) mass is 279 g/mol. The number of nitrogens with zero attached hydrogens (tertiary/aromatic N) is 5. The number of aldehydes is 1. The molecular formula is C15H13N5O. The second-order valence-electron chi connectivity index (χ2n) is 4.66. The van der Waals surface area contributed by atoms with Gasteiger partial charge in [-0.25, -0.2) is 14.6 Å². The van der Waals surface area contributed by atoms with Crippen molar-refractivity contribution in [3.8, 4) is 17.3 Å². The molecule has 3 heterocycles.